The van der Waals surface area contributed by atoms with E-state index >= 15 is 0 Å². The van der Waals surface area contributed by atoms with Crippen LogP contribution < -0.4 is 5.46 Å². The Labute approximate surface area is 187 Å². The molecule has 2 N–H and O–H groups in total. The fourth-order valence-electron chi connectivity index (χ4n) is 3.94. The van der Waals surface area contributed by atoms with E-state index in [1.165, 1.54) is 6.07 Å². The summed E-state index contributed by atoms with van der Waals surface area (Å²) in [6.07, 6.45) is -4.23. The van der Waals surface area contributed by atoms with Gasteiger partial charge in [0.2, 0.25) is 0 Å². The molecule has 1 aliphatic rings. The largest absolute Gasteiger partial charge is 0.492 e. The molecule has 176 valence electrons. The highest BCUT2D eigenvalue weighted by atomic mass is 19.4. The molecule has 0 aliphatic carbocycles. The number of carboxylic acid groups (broad SMARTS) is 1. The van der Waals surface area contributed by atoms with E-state index in [1.807, 2.05) is 0 Å². The number of carboxylic acids is 1. The van der Waals surface area contributed by atoms with Crippen molar-refractivity contribution in [3.05, 3.63) is 58.2 Å². The predicted octanol–water partition coefficient (Wildman–Crippen LogP) is 2.52. The molecule has 0 saturated carbocycles. The lowest BCUT2D eigenvalue weighted by Gasteiger charge is -2.32. The first-order valence-corrected chi connectivity index (χ1v) is 10.00. The molecule has 2 heterocycles. The summed E-state index contributed by atoms with van der Waals surface area (Å²) in [5.74, 6) is -4.28. The Bertz CT molecular complexity index is 1090. The molecule has 1 aliphatic heterocycles. The van der Waals surface area contributed by atoms with E-state index in [-0.39, 0.29) is 17.7 Å². The van der Waals surface area contributed by atoms with Crippen LogP contribution in [0.25, 0.3) is 0 Å². The van der Waals surface area contributed by atoms with Gasteiger partial charge in [-0.2, -0.15) is 13.2 Å². The van der Waals surface area contributed by atoms with Gasteiger partial charge in [-0.25, -0.2) is 14.2 Å². The summed E-state index contributed by atoms with van der Waals surface area (Å²) in [4.78, 5) is 29.6. The van der Waals surface area contributed by atoms with Gasteiger partial charge in [0, 0.05) is 18.3 Å². The van der Waals surface area contributed by atoms with Crippen LogP contribution in [0.5, 0.6) is 0 Å². The third kappa shape index (κ3) is 4.86. The third-order valence-electron chi connectivity index (χ3n) is 5.48. The van der Waals surface area contributed by atoms with E-state index < -0.39 is 55.2 Å². The van der Waals surface area contributed by atoms with Crippen molar-refractivity contribution in [1.29, 1.82) is 0 Å². The second kappa shape index (κ2) is 9.10. The van der Waals surface area contributed by atoms with E-state index in [0.29, 0.717) is 22.7 Å². The van der Waals surface area contributed by atoms with Crippen LogP contribution in [-0.4, -0.2) is 45.1 Å². The number of fused-ring (bicyclic) bond motifs is 1. The molecule has 1 aromatic carbocycles. The van der Waals surface area contributed by atoms with Gasteiger partial charge in [0.25, 0.3) is 5.91 Å². The Morgan fingerprint density at radius 1 is 1.30 bits per heavy atom. The number of aliphatic carboxylic acids is 1. The normalized spacial score (nSPS) is 14.4. The Balaban J connectivity index is 2.05. The third-order valence-corrected chi connectivity index (χ3v) is 5.48. The standard InChI is InChI=1S/C21H21BF4N2O5/c1-10(2)17(20(30)31)28(8-12-6-15(23)18(27-7-12)21(24,25)26)19(29)14-5-4-13-9-33-22(32)16(13)11(14)3/h4-7,10,17,32H,8-9H2,1-3H3,(H,30,31)/t17-/m0/s1. The van der Waals surface area contributed by atoms with E-state index in [9.17, 15) is 37.3 Å². The minimum atomic E-state index is -5.00. The summed E-state index contributed by atoms with van der Waals surface area (Å²) < 4.78 is 57.7. The number of pyridine rings is 1. The number of carbonyl (C=O) groups is 2. The summed E-state index contributed by atoms with van der Waals surface area (Å²) in [5, 5.41) is 19.8. The van der Waals surface area contributed by atoms with E-state index in [1.54, 1.807) is 26.8 Å². The maximum absolute atomic E-state index is 14.1. The van der Waals surface area contributed by atoms with Gasteiger partial charge in [-0.15, -0.1) is 0 Å². The van der Waals surface area contributed by atoms with Gasteiger partial charge >= 0.3 is 19.3 Å². The molecule has 1 atom stereocenters. The van der Waals surface area contributed by atoms with Crippen molar-refractivity contribution in [3.63, 3.8) is 0 Å². The van der Waals surface area contributed by atoms with Crippen LogP contribution in [0.2, 0.25) is 0 Å². The molecule has 0 bridgehead atoms. The highest BCUT2D eigenvalue weighted by molar-refractivity contribution is 6.62. The summed E-state index contributed by atoms with van der Waals surface area (Å²) in [6, 6.07) is 2.27. The quantitative estimate of drug-likeness (QED) is 0.500. The summed E-state index contributed by atoms with van der Waals surface area (Å²) in [7, 11) is -1.24. The minimum Gasteiger partial charge on any atom is -0.480 e. The van der Waals surface area contributed by atoms with Gasteiger partial charge in [0.15, 0.2) is 11.5 Å². The van der Waals surface area contributed by atoms with E-state index in [2.05, 4.69) is 4.98 Å². The second-order valence-electron chi connectivity index (χ2n) is 8.11. The zero-order valence-corrected chi connectivity index (χ0v) is 18.0. The topological polar surface area (TPSA) is 100.0 Å². The zero-order chi connectivity index (χ0) is 24.7. The number of rotatable bonds is 6. The van der Waals surface area contributed by atoms with Gasteiger partial charge in [-0.05, 0) is 47.1 Å². The van der Waals surface area contributed by atoms with Gasteiger partial charge < -0.3 is 19.7 Å². The van der Waals surface area contributed by atoms with Crippen LogP contribution in [-0.2, 0) is 28.8 Å². The number of nitrogens with zero attached hydrogens (tertiary/aromatic N) is 2. The fourth-order valence-corrected chi connectivity index (χ4v) is 3.94. The summed E-state index contributed by atoms with van der Waals surface area (Å²) in [6.45, 7) is 4.36. The van der Waals surface area contributed by atoms with Gasteiger partial charge in [-0.3, -0.25) is 4.79 Å². The van der Waals surface area contributed by atoms with Crippen molar-refractivity contribution in [2.45, 2.75) is 46.1 Å². The van der Waals surface area contributed by atoms with Crippen molar-refractivity contribution in [2.75, 3.05) is 0 Å². The fraction of sp³-hybridized carbons (Fsp3) is 0.381. The highest BCUT2D eigenvalue weighted by Gasteiger charge is 2.38. The van der Waals surface area contributed by atoms with E-state index in [0.717, 1.165) is 11.1 Å². The molecule has 0 unspecified atom stereocenters. The number of hydrogen-bond donors (Lipinski definition) is 2. The molecule has 1 aromatic heterocycles. The van der Waals surface area contributed by atoms with Gasteiger partial charge in [0.1, 0.15) is 6.04 Å². The van der Waals surface area contributed by atoms with Crippen molar-refractivity contribution in [3.8, 4) is 0 Å². The lowest BCUT2D eigenvalue weighted by Crippen LogP contribution is -2.48. The van der Waals surface area contributed by atoms with Crippen molar-refractivity contribution in [2.24, 2.45) is 5.92 Å². The predicted molar refractivity (Wildman–Crippen MR) is 109 cm³/mol. The molecule has 0 spiro atoms. The van der Waals surface area contributed by atoms with Gasteiger partial charge in [-0.1, -0.05) is 19.9 Å². The average Bonchev–Trinajstić information content (AvgIpc) is 3.07. The average molecular weight is 468 g/mol. The molecule has 12 heteroatoms. The van der Waals surface area contributed by atoms with Crippen LogP contribution in [0.3, 0.4) is 0 Å². The molecular weight excluding hydrogens is 447 g/mol. The van der Waals surface area contributed by atoms with Crippen molar-refractivity contribution >= 4 is 24.5 Å². The first-order valence-electron chi connectivity index (χ1n) is 10.00. The summed E-state index contributed by atoms with van der Waals surface area (Å²) in [5.41, 5.74) is -0.257. The van der Waals surface area contributed by atoms with Crippen LogP contribution in [0.1, 0.15) is 46.6 Å². The zero-order valence-electron chi connectivity index (χ0n) is 18.0. The van der Waals surface area contributed by atoms with Crippen molar-refractivity contribution in [1.82, 2.24) is 9.88 Å². The van der Waals surface area contributed by atoms with Crippen LogP contribution in [0.4, 0.5) is 17.6 Å². The molecule has 2 aromatic rings. The minimum absolute atomic E-state index is 0.0885. The Hall–Kier alpha value is -2.99. The van der Waals surface area contributed by atoms with Crippen LogP contribution in [0.15, 0.2) is 24.4 Å². The number of carbonyl (C=O) groups excluding carboxylic acids is 1. The molecule has 0 saturated heterocycles. The molecule has 7 nitrogen and oxygen atoms in total. The Morgan fingerprint density at radius 3 is 2.52 bits per heavy atom. The number of halogens is 4. The Morgan fingerprint density at radius 2 is 1.97 bits per heavy atom. The van der Waals surface area contributed by atoms with Crippen LogP contribution in [0, 0.1) is 18.7 Å². The summed E-state index contributed by atoms with van der Waals surface area (Å²) >= 11 is 0. The molecule has 0 radical (unpaired) electrons. The molecule has 3 rings (SSSR count). The molecular formula is C21H21BF4N2O5. The first kappa shape index (κ1) is 24.7. The number of benzene rings is 1. The maximum atomic E-state index is 14.1. The van der Waals surface area contributed by atoms with Crippen LogP contribution >= 0.6 is 0 Å². The first-order chi connectivity index (χ1) is 15.3. The number of aromatic nitrogens is 1. The smallest absolute Gasteiger partial charge is 0.480 e. The maximum Gasteiger partial charge on any atom is 0.492 e. The van der Waals surface area contributed by atoms with Crippen molar-refractivity contribution < 1.29 is 41.9 Å². The lowest BCUT2D eigenvalue weighted by atomic mass is 9.75. The lowest BCUT2D eigenvalue weighted by molar-refractivity contribution is -0.144. The number of amides is 1. The van der Waals surface area contributed by atoms with E-state index in [4.69, 9.17) is 4.65 Å². The van der Waals surface area contributed by atoms with Gasteiger partial charge in [0.05, 0.1) is 6.61 Å². The monoisotopic (exact) mass is 468 g/mol. The molecule has 1 amide bonds. The molecule has 33 heavy (non-hydrogen) atoms. The Kier molecular flexibility index (Phi) is 6.80. The molecule has 0 fully saturated rings. The highest BCUT2D eigenvalue weighted by Crippen LogP contribution is 2.30. The second-order valence-corrected chi connectivity index (χ2v) is 8.11. The SMILES string of the molecule is Cc1c(C(=O)N(Cc2cnc(C(F)(F)F)c(F)c2)[C@H](C(=O)O)C(C)C)ccc2c1B(O)OC2. The number of alkyl halides is 3. The number of hydrogen-bond acceptors (Lipinski definition) is 5.